The molecular formula is C15H22ClNO. The average molecular weight is 268 g/mol. The maximum absolute atomic E-state index is 9.75. The molecule has 100 valence electrons. The zero-order valence-corrected chi connectivity index (χ0v) is 11.7. The van der Waals surface area contributed by atoms with Gasteiger partial charge in [0.05, 0.1) is 6.10 Å². The smallest absolute Gasteiger partial charge is 0.0691 e. The summed E-state index contributed by atoms with van der Waals surface area (Å²) in [6.07, 6.45) is 5.89. The van der Waals surface area contributed by atoms with Gasteiger partial charge >= 0.3 is 0 Å². The Labute approximate surface area is 114 Å². The van der Waals surface area contributed by atoms with Gasteiger partial charge in [-0.05, 0) is 68.2 Å². The fraction of sp³-hybridized carbons (Fsp3) is 0.600. The van der Waals surface area contributed by atoms with E-state index in [-0.39, 0.29) is 6.04 Å². The first-order valence-electron chi connectivity index (χ1n) is 6.81. The van der Waals surface area contributed by atoms with Crippen molar-refractivity contribution in [2.45, 2.75) is 57.6 Å². The summed E-state index contributed by atoms with van der Waals surface area (Å²) in [5, 5.41) is 10.6. The van der Waals surface area contributed by atoms with Gasteiger partial charge in [0.2, 0.25) is 0 Å². The number of nitrogens with two attached hydrogens (primary N) is 1. The molecule has 1 aromatic rings. The number of hydrogen-bond donors (Lipinski definition) is 2. The van der Waals surface area contributed by atoms with Gasteiger partial charge in [0.1, 0.15) is 0 Å². The molecule has 2 unspecified atom stereocenters. The highest BCUT2D eigenvalue weighted by Crippen LogP contribution is 2.28. The maximum Gasteiger partial charge on any atom is 0.0691 e. The number of aryl methyl sites for hydroxylation is 3. The number of benzene rings is 1. The molecule has 1 aromatic carbocycles. The fourth-order valence-electron chi connectivity index (χ4n) is 2.56. The second kappa shape index (κ2) is 6.05. The van der Waals surface area contributed by atoms with Crippen molar-refractivity contribution in [2.24, 2.45) is 5.73 Å². The van der Waals surface area contributed by atoms with E-state index in [0.29, 0.717) is 6.42 Å². The third-order valence-electron chi connectivity index (χ3n) is 3.83. The monoisotopic (exact) mass is 267 g/mol. The van der Waals surface area contributed by atoms with Crippen LogP contribution in [0.4, 0.5) is 0 Å². The molecule has 18 heavy (non-hydrogen) atoms. The largest absolute Gasteiger partial charge is 0.392 e. The quantitative estimate of drug-likeness (QED) is 0.881. The molecule has 0 fully saturated rings. The average Bonchev–Trinajstić information content (AvgIpc) is 2.35. The molecule has 0 spiro atoms. The Hall–Kier alpha value is -0.570. The van der Waals surface area contributed by atoms with Crippen LogP contribution in [0.3, 0.4) is 0 Å². The van der Waals surface area contributed by atoms with E-state index in [4.69, 9.17) is 17.3 Å². The zero-order chi connectivity index (χ0) is 13.1. The number of hydrogen-bond acceptors (Lipinski definition) is 2. The molecule has 0 saturated heterocycles. The highest BCUT2D eigenvalue weighted by atomic mass is 35.5. The summed E-state index contributed by atoms with van der Waals surface area (Å²) in [4.78, 5) is 0. The number of fused-ring (bicyclic) bond motifs is 1. The topological polar surface area (TPSA) is 46.2 Å². The summed E-state index contributed by atoms with van der Waals surface area (Å²) in [5.41, 5.74) is 9.66. The van der Waals surface area contributed by atoms with Gasteiger partial charge in [0.25, 0.3) is 0 Å². The van der Waals surface area contributed by atoms with Crippen molar-refractivity contribution in [2.75, 3.05) is 0 Å². The van der Waals surface area contributed by atoms with E-state index in [0.717, 1.165) is 29.8 Å². The van der Waals surface area contributed by atoms with Crippen molar-refractivity contribution in [3.8, 4) is 0 Å². The van der Waals surface area contributed by atoms with Gasteiger partial charge in [-0.15, -0.1) is 0 Å². The number of rotatable bonds is 4. The molecule has 0 heterocycles. The van der Waals surface area contributed by atoms with Crippen LogP contribution in [0, 0.1) is 0 Å². The van der Waals surface area contributed by atoms with Crippen LogP contribution >= 0.6 is 11.6 Å². The number of aliphatic hydroxyl groups excluding tert-OH is 1. The molecule has 0 radical (unpaired) electrons. The first-order chi connectivity index (χ1) is 8.58. The van der Waals surface area contributed by atoms with Crippen LogP contribution in [0.1, 0.15) is 42.9 Å². The minimum atomic E-state index is -0.447. The van der Waals surface area contributed by atoms with Gasteiger partial charge in [-0.1, -0.05) is 17.7 Å². The minimum absolute atomic E-state index is 0.179. The Morgan fingerprint density at radius 3 is 2.50 bits per heavy atom. The normalized spacial score (nSPS) is 18.2. The van der Waals surface area contributed by atoms with Gasteiger partial charge in [-0.3, -0.25) is 0 Å². The van der Waals surface area contributed by atoms with E-state index >= 15 is 0 Å². The summed E-state index contributed by atoms with van der Waals surface area (Å²) >= 11 is 6.31. The van der Waals surface area contributed by atoms with Crippen LogP contribution in [0.15, 0.2) is 12.1 Å². The Morgan fingerprint density at radius 1 is 1.28 bits per heavy atom. The summed E-state index contributed by atoms with van der Waals surface area (Å²) in [7, 11) is 0. The van der Waals surface area contributed by atoms with Crippen LogP contribution in [-0.2, 0) is 19.3 Å². The van der Waals surface area contributed by atoms with E-state index in [9.17, 15) is 5.11 Å². The molecule has 0 saturated carbocycles. The van der Waals surface area contributed by atoms with E-state index in [1.54, 1.807) is 0 Å². The first kappa shape index (κ1) is 13.9. The predicted molar refractivity (Wildman–Crippen MR) is 76.1 cm³/mol. The second-order valence-electron chi connectivity index (χ2n) is 5.38. The van der Waals surface area contributed by atoms with Crippen LogP contribution in [0.2, 0.25) is 5.02 Å². The van der Waals surface area contributed by atoms with Gasteiger partial charge < -0.3 is 10.8 Å². The van der Waals surface area contributed by atoms with Crippen molar-refractivity contribution >= 4 is 11.6 Å². The highest BCUT2D eigenvalue weighted by molar-refractivity contribution is 6.31. The molecule has 3 N–H and O–H groups in total. The van der Waals surface area contributed by atoms with Gasteiger partial charge in [-0.2, -0.15) is 0 Å². The van der Waals surface area contributed by atoms with Crippen LogP contribution in [-0.4, -0.2) is 17.3 Å². The molecular weight excluding hydrogens is 246 g/mol. The van der Waals surface area contributed by atoms with Crippen molar-refractivity contribution in [3.05, 3.63) is 33.8 Å². The van der Waals surface area contributed by atoms with Gasteiger partial charge in [0, 0.05) is 11.1 Å². The third-order valence-corrected chi connectivity index (χ3v) is 4.18. The standard InChI is InChI=1S/C15H22ClNO/c1-10(17)15(18)7-6-13-8-11-4-2-3-5-12(11)9-14(13)16/h8-10,15,18H,2-7,17H2,1H3. The van der Waals surface area contributed by atoms with Gasteiger partial charge in [-0.25, -0.2) is 0 Å². The van der Waals surface area contributed by atoms with Crippen molar-refractivity contribution in [3.63, 3.8) is 0 Å². The molecule has 3 heteroatoms. The van der Waals surface area contributed by atoms with Crippen LogP contribution in [0.5, 0.6) is 0 Å². The Balaban J connectivity index is 2.08. The summed E-state index contributed by atoms with van der Waals surface area (Å²) in [5.74, 6) is 0. The second-order valence-corrected chi connectivity index (χ2v) is 5.79. The predicted octanol–water partition coefficient (Wildman–Crippen LogP) is 2.86. The lowest BCUT2D eigenvalue weighted by Gasteiger charge is -2.19. The lowest BCUT2D eigenvalue weighted by Crippen LogP contribution is -2.31. The lowest BCUT2D eigenvalue weighted by molar-refractivity contribution is 0.141. The number of aliphatic hydroxyl groups is 1. The molecule has 2 atom stereocenters. The molecule has 2 nitrogen and oxygen atoms in total. The number of halogens is 1. The van der Waals surface area contributed by atoms with Crippen molar-refractivity contribution < 1.29 is 5.11 Å². The summed E-state index contributed by atoms with van der Waals surface area (Å²) in [6, 6.07) is 4.16. The summed E-state index contributed by atoms with van der Waals surface area (Å²) in [6.45, 7) is 1.83. The lowest BCUT2D eigenvalue weighted by atomic mass is 9.89. The molecule has 0 aliphatic heterocycles. The van der Waals surface area contributed by atoms with Gasteiger partial charge in [0.15, 0.2) is 0 Å². The zero-order valence-electron chi connectivity index (χ0n) is 11.0. The molecule has 2 rings (SSSR count). The molecule has 0 bridgehead atoms. The Bertz CT molecular complexity index is 417. The van der Waals surface area contributed by atoms with Crippen LogP contribution in [0.25, 0.3) is 0 Å². The maximum atomic E-state index is 9.75. The first-order valence-corrected chi connectivity index (χ1v) is 7.19. The summed E-state index contributed by atoms with van der Waals surface area (Å²) < 4.78 is 0. The van der Waals surface area contributed by atoms with E-state index in [1.807, 2.05) is 6.92 Å². The molecule has 0 aromatic heterocycles. The highest BCUT2D eigenvalue weighted by Gasteiger charge is 2.14. The Morgan fingerprint density at radius 2 is 1.89 bits per heavy atom. The Kier molecular flexibility index (Phi) is 4.66. The van der Waals surface area contributed by atoms with Crippen molar-refractivity contribution in [1.82, 2.24) is 0 Å². The van der Waals surface area contributed by atoms with Crippen molar-refractivity contribution in [1.29, 1.82) is 0 Å². The minimum Gasteiger partial charge on any atom is -0.392 e. The molecule has 0 amide bonds. The molecule has 1 aliphatic carbocycles. The SMILES string of the molecule is CC(N)C(O)CCc1cc2c(cc1Cl)CCCC2. The van der Waals surface area contributed by atoms with E-state index in [2.05, 4.69) is 12.1 Å². The molecule has 1 aliphatic rings. The van der Waals surface area contributed by atoms with E-state index in [1.165, 1.54) is 24.0 Å². The van der Waals surface area contributed by atoms with E-state index < -0.39 is 6.10 Å². The third kappa shape index (κ3) is 3.25. The van der Waals surface area contributed by atoms with Crippen LogP contribution < -0.4 is 5.73 Å². The fourth-order valence-corrected chi connectivity index (χ4v) is 2.85.